The molecule has 9 heteroatoms. The lowest BCUT2D eigenvalue weighted by molar-refractivity contribution is -0.120. The predicted octanol–water partition coefficient (Wildman–Crippen LogP) is 2.04. The van der Waals surface area contributed by atoms with E-state index in [4.69, 9.17) is 0 Å². The Bertz CT molecular complexity index is 915. The number of hydrogen-bond acceptors (Lipinski definition) is 6. The van der Waals surface area contributed by atoms with Crippen LogP contribution in [0.5, 0.6) is 0 Å². The number of aromatic nitrogens is 2. The Morgan fingerprint density at radius 2 is 1.93 bits per heavy atom. The number of fused-ring (bicyclic) bond motifs is 1. The summed E-state index contributed by atoms with van der Waals surface area (Å²) in [6, 6.07) is 7.07. The minimum absolute atomic E-state index is 0.0966. The quantitative estimate of drug-likeness (QED) is 0.771. The van der Waals surface area contributed by atoms with Crippen molar-refractivity contribution in [3.05, 3.63) is 30.5 Å². The van der Waals surface area contributed by atoms with Crippen LogP contribution in [0.4, 0.5) is 23.1 Å². The van der Waals surface area contributed by atoms with Crippen molar-refractivity contribution in [1.29, 1.82) is 0 Å². The first kappa shape index (κ1) is 18.8. The third-order valence-electron chi connectivity index (χ3n) is 5.29. The molecular weight excluding hydrogens is 376 g/mol. The van der Waals surface area contributed by atoms with Gasteiger partial charge in [-0.15, -0.1) is 0 Å². The minimum atomic E-state index is -1.22. The molecule has 1 aliphatic heterocycles. The SMILES string of the molecule is CNS(=O)c1ccc(Nc2ncc3c(n2)N(C)C(CC2CC2)C(=O)N3C)cc1. The van der Waals surface area contributed by atoms with E-state index in [2.05, 4.69) is 20.0 Å². The van der Waals surface area contributed by atoms with Crippen LogP contribution in [-0.2, 0) is 15.8 Å². The number of rotatable bonds is 6. The molecule has 4 rings (SSSR count). The Morgan fingerprint density at radius 1 is 1.21 bits per heavy atom. The third kappa shape index (κ3) is 3.59. The largest absolute Gasteiger partial charge is 0.346 e. The number of carbonyl (C=O) groups is 1. The van der Waals surface area contributed by atoms with Crippen LogP contribution in [0.15, 0.2) is 35.4 Å². The summed E-state index contributed by atoms with van der Waals surface area (Å²) in [6.45, 7) is 0. The number of benzene rings is 1. The zero-order valence-corrected chi connectivity index (χ0v) is 17.0. The Balaban J connectivity index is 1.57. The van der Waals surface area contributed by atoms with Gasteiger partial charge >= 0.3 is 0 Å². The highest BCUT2D eigenvalue weighted by atomic mass is 32.2. The van der Waals surface area contributed by atoms with Gasteiger partial charge in [-0.2, -0.15) is 4.98 Å². The van der Waals surface area contributed by atoms with E-state index in [1.54, 1.807) is 37.3 Å². The Hall–Kier alpha value is -2.52. The van der Waals surface area contributed by atoms with Gasteiger partial charge in [-0.1, -0.05) is 12.8 Å². The van der Waals surface area contributed by atoms with Crippen molar-refractivity contribution < 1.29 is 9.00 Å². The normalized spacial score (nSPS) is 20.1. The van der Waals surface area contributed by atoms with Gasteiger partial charge in [-0.3, -0.25) is 4.79 Å². The van der Waals surface area contributed by atoms with Gasteiger partial charge in [0.1, 0.15) is 22.7 Å². The first-order chi connectivity index (χ1) is 13.5. The van der Waals surface area contributed by atoms with Crippen molar-refractivity contribution in [2.45, 2.75) is 30.2 Å². The van der Waals surface area contributed by atoms with Crippen molar-refractivity contribution in [3.63, 3.8) is 0 Å². The molecule has 2 N–H and O–H groups in total. The van der Waals surface area contributed by atoms with Crippen LogP contribution in [0.3, 0.4) is 0 Å². The molecule has 0 bridgehead atoms. The van der Waals surface area contributed by atoms with Gasteiger partial charge in [-0.05, 0) is 43.7 Å². The van der Waals surface area contributed by atoms with Crippen molar-refractivity contribution >= 4 is 40.0 Å². The predicted molar refractivity (Wildman–Crippen MR) is 110 cm³/mol. The molecule has 1 aliphatic carbocycles. The molecule has 1 fully saturated rings. The van der Waals surface area contributed by atoms with E-state index in [1.807, 2.05) is 24.1 Å². The van der Waals surface area contributed by atoms with Crippen LogP contribution in [0.1, 0.15) is 19.3 Å². The molecule has 8 nitrogen and oxygen atoms in total. The molecule has 2 aliphatic rings. The highest BCUT2D eigenvalue weighted by Gasteiger charge is 2.39. The smallest absolute Gasteiger partial charge is 0.249 e. The molecular formula is C19H24N6O2S. The van der Waals surface area contributed by atoms with Crippen LogP contribution in [0.2, 0.25) is 0 Å². The van der Waals surface area contributed by atoms with Gasteiger partial charge in [0.2, 0.25) is 11.9 Å². The fourth-order valence-corrected chi connectivity index (χ4v) is 4.03. The third-order valence-corrected chi connectivity index (χ3v) is 6.36. The summed E-state index contributed by atoms with van der Waals surface area (Å²) >= 11 is 0. The lowest BCUT2D eigenvalue weighted by Gasteiger charge is -2.38. The molecule has 28 heavy (non-hydrogen) atoms. The molecule has 1 aromatic carbocycles. The van der Waals surface area contributed by atoms with Crippen molar-refractivity contribution in [2.75, 3.05) is 36.3 Å². The maximum absolute atomic E-state index is 12.7. The summed E-state index contributed by atoms with van der Waals surface area (Å²) in [5, 5.41) is 3.18. The van der Waals surface area contributed by atoms with Crippen molar-refractivity contribution in [2.24, 2.45) is 5.92 Å². The van der Waals surface area contributed by atoms with Crippen molar-refractivity contribution in [1.82, 2.24) is 14.7 Å². The first-order valence-corrected chi connectivity index (χ1v) is 10.5. The van der Waals surface area contributed by atoms with Crippen LogP contribution < -0.4 is 19.8 Å². The topological polar surface area (TPSA) is 90.5 Å². The Morgan fingerprint density at radius 3 is 2.57 bits per heavy atom. The van der Waals surface area contributed by atoms with Crippen LogP contribution >= 0.6 is 0 Å². The highest BCUT2D eigenvalue weighted by molar-refractivity contribution is 7.83. The number of anilines is 4. The molecule has 2 atom stereocenters. The fraction of sp³-hybridized carbons (Fsp3) is 0.421. The summed E-state index contributed by atoms with van der Waals surface area (Å²) < 4.78 is 14.5. The zero-order chi connectivity index (χ0) is 19.8. The molecule has 0 radical (unpaired) electrons. The van der Waals surface area contributed by atoms with Gasteiger partial charge in [0.05, 0.1) is 11.1 Å². The van der Waals surface area contributed by atoms with Gasteiger partial charge in [0.25, 0.3) is 0 Å². The molecule has 2 aromatic rings. The average Bonchev–Trinajstić information content (AvgIpc) is 3.54. The average molecular weight is 401 g/mol. The van der Waals surface area contributed by atoms with E-state index in [-0.39, 0.29) is 11.9 Å². The fourth-order valence-electron chi connectivity index (χ4n) is 3.42. The molecule has 148 valence electrons. The standard InChI is InChI=1S/C19H24N6O2S/c1-20-28(27)14-8-6-13(7-9-14)22-19-21-11-16-17(23-19)24(2)15(10-12-4-5-12)18(26)25(16)3/h6-9,11-12,15,20H,4-5,10H2,1-3H3,(H,21,22,23). The van der Waals surface area contributed by atoms with Gasteiger partial charge < -0.3 is 15.1 Å². The molecule has 1 aromatic heterocycles. The van der Waals surface area contributed by atoms with E-state index >= 15 is 0 Å². The minimum Gasteiger partial charge on any atom is -0.346 e. The van der Waals surface area contributed by atoms with E-state index < -0.39 is 11.0 Å². The number of carbonyl (C=O) groups excluding carboxylic acids is 1. The number of likely N-dealkylation sites (N-methyl/N-ethyl adjacent to an activating group) is 2. The van der Waals surface area contributed by atoms with Crippen LogP contribution in [-0.4, -0.2) is 47.3 Å². The lowest BCUT2D eigenvalue weighted by atomic mass is 10.0. The second kappa shape index (κ2) is 7.48. The molecule has 2 heterocycles. The van der Waals surface area contributed by atoms with E-state index in [1.165, 1.54) is 12.8 Å². The summed E-state index contributed by atoms with van der Waals surface area (Å²) in [5.41, 5.74) is 1.51. The summed E-state index contributed by atoms with van der Waals surface area (Å²) in [7, 11) is 4.14. The molecule has 0 spiro atoms. The molecule has 1 amide bonds. The van der Waals surface area contributed by atoms with Gasteiger partial charge in [0.15, 0.2) is 5.82 Å². The van der Waals surface area contributed by atoms with E-state index in [9.17, 15) is 9.00 Å². The van der Waals surface area contributed by atoms with E-state index in [0.29, 0.717) is 22.4 Å². The Kier molecular flexibility index (Phi) is 5.03. The van der Waals surface area contributed by atoms with Crippen LogP contribution in [0, 0.1) is 5.92 Å². The van der Waals surface area contributed by atoms with Crippen LogP contribution in [0.25, 0.3) is 0 Å². The van der Waals surface area contributed by atoms with Gasteiger partial charge in [0, 0.05) is 19.8 Å². The summed E-state index contributed by atoms with van der Waals surface area (Å²) in [5.74, 6) is 1.95. The Labute approximate surface area is 166 Å². The summed E-state index contributed by atoms with van der Waals surface area (Å²) in [6.07, 6.45) is 4.96. The number of hydrogen-bond donors (Lipinski definition) is 2. The highest BCUT2D eigenvalue weighted by Crippen LogP contribution is 2.40. The second-order valence-corrected chi connectivity index (χ2v) is 8.64. The maximum Gasteiger partial charge on any atom is 0.249 e. The monoisotopic (exact) mass is 400 g/mol. The first-order valence-electron chi connectivity index (χ1n) is 9.31. The maximum atomic E-state index is 12.7. The molecule has 2 unspecified atom stereocenters. The summed E-state index contributed by atoms with van der Waals surface area (Å²) in [4.78, 5) is 26.1. The molecule has 1 saturated carbocycles. The number of nitrogens with one attached hydrogen (secondary N) is 2. The number of amides is 1. The van der Waals surface area contributed by atoms with Gasteiger partial charge in [-0.25, -0.2) is 13.9 Å². The lowest BCUT2D eigenvalue weighted by Crippen LogP contribution is -2.51. The second-order valence-electron chi connectivity index (χ2n) is 7.23. The zero-order valence-electron chi connectivity index (χ0n) is 16.2. The number of nitrogens with zero attached hydrogens (tertiary/aromatic N) is 4. The molecule has 0 saturated heterocycles. The van der Waals surface area contributed by atoms with Crippen molar-refractivity contribution in [3.8, 4) is 0 Å². The van der Waals surface area contributed by atoms with E-state index in [0.717, 1.165) is 17.9 Å².